The van der Waals surface area contributed by atoms with Crippen molar-refractivity contribution >= 4 is 11.8 Å². The lowest BCUT2D eigenvalue weighted by atomic mass is 10.1. The molecule has 0 bridgehead atoms. The van der Waals surface area contributed by atoms with Crippen molar-refractivity contribution in [2.75, 3.05) is 61.1 Å². The van der Waals surface area contributed by atoms with Crippen molar-refractivity contribution in [3.8, 4) is 0 Å². The molecule has 0 spiro atoms. The van der Waals surface area contributed by atoms with Gasteiger partial charge in [-0.15, -0.1) is 0 Å². The fourth-order valence-electron chi connectivity index (χ4n) is 2.73. The quantitative estimate of drug-likeness (QED) is 0.217. The smallest absolute Gasteiger partial charge is 0.222 e. The van der Waals surface area contributed by atoms with Gasteiger partial charge in [0.2, 0.25) is 11.8 Å². The van der Waals surface area contributed by atoms with Gasteiger partial charge < -0.3 is 28.7 Å². The second-order valence-electron chi connectivity index (χ2n) is 7.81. The summed E-state index contributed by atoms with van der Waals surface area (Å²) in [6, 6.07) is 0. The summed E-state index contributed by atoms with van der Waals surface area (Å²) in [7, 11) is 5.25. The lowest BCUT2D eigenvalue weighted by Crippen LogP contribution is -2.28. The van der Waals surface area contributed by atoms with Crippen LogP contribution in [0.1, 0.15) is 65.2 Å². The van der Waals surface area contributed by atoms with Crippen molar-refractivity contribution in [1.82, 2.24) is 9.80 Å². The summed E-state index contributed by atoms with van der Waals surface area (Å²) in [6.07, 6.45) is 6.56. The zero-order valence-electron chi connectivity index (χ0n) is 19.8. The first-order valence-electron chi connectivity index (χ1n) is 11.1. The molecule has 0 atom stereocenters. The maximum atomic E-state index is 12.1. The summed E-state index contributed by atoms with van der Waals surface area (Å²) >= 11 is 0. The molecule has 0 fully saturated rings. The van der Waals surface area contributed by atoms with Crippen molar-refractivity contribution in [2.24, 2.45) is 0 Å². The number of methoxy groups -OCH3 is 1. The van der Waals surface area contributed by atoms with E-state index < -0.39 is 0 Å². The van der Waals surface area contributed by atoms with Crippen LogP contribution >= 0.6 is 0 Å². The molecule has 178 valence electrons. The normalized spacial score (nSPS) is 11.1. The molecule has 2 amide bonds. The highest BCUT2D eigenvalue weighted by Crippen LogP contribution is 2.08. The molecule has 0 rings (SSSR count). The summed E-state index contributed by atoms with van der Waals surface area (Å²) in [5.74, 6) is 0.332. The minimum Gasteiger partial charge on any atom is -0.359 e. The number of unbranched alkanes of at least 4 members (excludes halogenated alkanes) is 3. The van der Waals surface area contributed by atoms with E-state index in [1.807, 2.05) is 27.9 Å². The topological polar surface area (TPSA) is 77.5 Å². The van der Waals surface area contributed by atoms with Crippen molar-refractivity contribution < 1.29 is 28.5 Å². The third-order valence-corrected chi connectivity index (χ3v) is 4.63. The van der Waals surface area contributed by atoms with E-state index in [1.165, 1.54) is 0 Å². The van der Waals surface area contributed by atoms with Gasteiger partial charge in [0.15, 0.2) is 0 Å². The molecule has 8 heteroatoms. The first kappa shape index (κ1) is 28.8. The molecule has 30 heavy (non-hydrogen) atoms. The van der Waals surface area contributed by atoms with E-state index in [9.17, 15) is 9.59 Å². The van der Waals surface area contributed by atoms with Gasteiger partial charge in [0, 0.05) is 47.1 Å². The second kappa shape index (κ2) is 19.7. The van der Waals surface area contributed by atoms with E-state index >= 15 is 0 Å². The highest BCUT2D eigenvalue weighted by molar-refractivity contribution is 5.76. The SMILES string of the molecule is COCOCCCN(C)C(=O)CCCCCCC(=O)N(C)CCCOCOC(C)C. The molecule has 0 radical (unpaired) electrons. The molecule has 0 saturated heterocycles. The van der Waals surface area contributed by atoms with Gasteiger partial charge in [0.05, 0.1) is 19.3 Å². The molecule has 0 unspecified atom stereocenters. The Morgan fingerprint density at radius 2 is 1.20 bits per heavy atom. The molecule has 0 aromatic rings. The summed E-state index contributed by atoms with van der Waals surface area (Å²) in [6.45, 7) is 7.09. The molecule has 0 aromatic carbocycles. The Hall–Kier alpha value is -1.22. The van der Waals surface area contributed by atoms with Gasteiger partial charge in [0.25, 0.3) is 0 Å². The molecule has 0 saturated carbocycles. The van der Waals surface area contributed by atoms with Crippen LogP contribution in [0.2, 0.25) is 0 Å². The summed E-state index contributed by atoms with van der Waals surface area (Å²) in [5.41, 5.74) is 0. The van der Waals surface area contributed by atoms with Gasteiger partial charge in [-0.25, -0.2) is 0 Å². The molecule has 0 aliphatic heterocycles. The number of hydrogen-bond donors (Lipinski definition) is 0. The first-order chi connectivity index (χ1) is 14.4. The summed E-state index contributed by atoms with van der Waals surface area (Å²) in [5, 5.41) is 0. The largest absolute Gasteiger partial charge is 0.359 e. The molecule has 0 heterocycles. The predicted octanol–water partition coefficient (Wildman–Crippen LogP) is 3.04. The number of carbonyl (C=O) groups excluding carboxylic acids is 2. The van der Waals surface area contributed by atoms with Crippen LogP contribution in [0, 0.1) is 0 Å². The van der Waals surface area contributed by atoms with Crippen molar-refractivity contribution in [3.05, 3.63) is 0 Å². The van der Waals surface area contributed by atoms with Crippen molar-refractivity contribution in [1.29, 1.82) is 0 Å². The fourth-order valence-corrected chi connectivity index (χ4v) is 2.73. The molecule has 0 N–H and O–H groups in total. The van der Waals surface area contributed by atoms with Crippen LogP contribution in [0.25, 0.3) is 0 Å². The van der Waals surface area contributed by atoms with Gasteiger partial charge in [-0.05, 0) is 39.5 Å². The lowest BCUT2D eigenvalue weighted by molar-refractivity contribution is -0.131. The van der Waals surface area contributed by atoms with Gasteiger partial charge in [0.1, 0.15) is 13.6 Å². The van der Waals surface area contributed by atoms with Gasteiger partial charge in [-0.2, -0.15) is 0 Å². The zero-order chi connectivity index (χ0) is 22.6. The first-order valence-corrected chi connectivity index (χ1v) is 11.1. The second-order valence-corrected chi connectivity index (χ2v) is 7.81. The van der Waals surface area contributed by atoms with E-state index in [-0.39, 0.29) is 24.7 Å². The molecule has 0 aromatic heterocycles. The lowest BCUT2D eigenvalue weighted by Gasteiger charge is -2.18. The Bertz CT molecular complexity index is 434. The van der Waals surface area contributed by atoms with Crippen LogP contribution in [0.5, 0.6) is 0 Å². The highest BCUT2D eigenvalue weighted by atomic mass is 16.7. The maximum Gasteiger partial charge on any atom is 0.222 e. The van der Waals surface area contributed by atoms with E-state index in [0.29, 0.717) is 45.9 Å². The maximum absolute atomic E-state index is 12.1. The highest BCUT2D eigenvalue weighted by Gasteiger charge is 2.10. The molecular weight excluding hydrogens is 388 g/mol. The summed E-state index contributed by atoms with van der Waals surface area (Å²) in [4.78, 5) is 27.7. The number of nitrogens with zero attached hydrogens (tertiary/aromatic N) is 2. The van der Waals surface area contributed by atoms with Crippen molar-refractivity contribution in [2.45, 2.75) is 71.3 Å². The van der Waals surface area contributed by atoms with Crippen LogP contribution in [0.4, 0.5) is 0 Å². The minimum absolute atomic E-state index is 0.165. The monoisotopic (exact) mass is 432 g/mol. The van der Waals surface area contributed by atoms with Crippen LogP contribution in [0.15, 0.2) is 0 Å². The van der Waals surface area contributed by atoms with Crippen LogP contribution in [0.3, 0.4) is 0 Å². The number of amides is 2. The average Bonchev–Trinajstić information content (AvgIpc) is 2.71. The third-order valence-electron chi connectivity index (χ3n) is 4.63. The molecule has 8 nitrogen and oxygen atoms in total. The Morgan fingerprint density at radius 3 is 1.63 bits per heavy atom. The van der Waals surface area contributed by atoms with E-state index in [1.54, 1.807) is 16.9 Å². The Morgan fingerprint density at radius 1 is 0.733 bits per heavy atom. The zero-order valence-corrected chi connectivity index (χ0v) is 19.8. The van der Waals surface area contributed by atoms with Crippen molar-refractivity contribution in [3.63, 3.8) is 0 Å². The summed E-state index contributed by atoms with van der Waals surface area (Å²) < 4.78 is 20.7. The van der Waals surface area contributed by atoms with Gasteiger partial charge >= 0.3 is 0 Å². The number of rotatable bonds is 20. The number of hydrogen-bond acceptors (Lipinski definition) is 6. The third kappa shape index (κ3) is 17.6. The number of ether oxygens (including phenoxy) is 4. The van der Waals surface area contributed by atoms with E-state index in [2.05, 4.69) is 0 Å². The number of carbonyl (C=O) groups is 2. The average molecular weight is 433 g/mol. The fraction of sp³-hybridized carbons (Fsp3) is 0.909. The van der Waals surface area contributed by atoms with E-state index in [0.717, 1.165) is 38.5 Å². The molecule has 0 aliphatic carbocycles. The molecule has 0 aliphatic rings. The Balaban J connectivity index is 3.58. The van der Waals surface area contributed by atoms with E-state index in [4.69, 9.17) is 18.9 Å². The minimum atomic E-state index is 0.165. The van der Waals surface area contributed by atoms with Crippen LogP contribution in [-0.4, -0.2) is 88.8 Å². The Labute approximate surface area is 183 Å². The Kier molecular flexibility index (Phi) is 18.9. The van der Waals surface area contributed by atoms with Crippen LogP contribution in [-0.2, 0) is 28.5 Å². The van der Waals surface area contributed by atoms with Gasteiger partial charge in [-0.1, -0.05) is 12.8 Å². The predicted molar refractivity (Wildman–Crippen MR) is 117 cm³/mol. The molecular formula is C22H44N2O6. The standard InChI is InChI=1S/C22H44N2O6/c1-20(2)30-19-29-17-11-15-24(4)22(26)13-9-7-6-8-12-21(25)23(3)14-10-16-28-18-27-5/h20H,6-19H2,1-5H3. The van der Waals surface area contributed by atoms with Crippen LogP contribution < -0.4 is 0 Å². The van der Waals surface area contributed by atoms with Gasteiger partial charge in [-0.3, -0.25) is 9.59 Å².